The molecule has 0 unspecified atom stereocenters. The Labute approximate surface area is 79.0 Å². The molecule has 0 aliphatic heterocycles. The predicted molar refractivity (Wildman–Crippen MR) is 53.9 cm³/mol. The highest BCUT2D eigenvalue weighted by atomic mass is 15.2. The topological polar surface area (TPSA) is 41.1 Å². The minimum atomic E-state index is 0.799. The average molecular weight is 180 g/mol. The van der Waals surface area contributed by atoms with Crippen LogP contribution in [0.15, 0.2) is 6.20 Å². The fourth-order valence-corrected chi connectivity index (χ4v) is 1.19. The van der Waals surface area contributed by atoms with Gasteiger partial charge in [-0.25, -0.2) is 9.97 Å². The summed E-state index contributed by atoms with van der Waals surface area (Å²) < 4.78 is 0. The summed E-state index contributed by atoms with van der Waals surface area (Å²) >= 11 is 0. The lowest BCUT2D eigenvalue weighted by atomic mass is 10.3. The lowest BCUT2D eigenvalue weighted by Gasteiger charge is -2.15. The number of aromatic nitrogens is 2. The molecule has 72 valence electrons. The zero-order valence-corrected chi connectivity index (χ0v) is 8.63. The zero-order valence-electron chi connectivity index (χ0n) is 8.63. The van der Waals surface area contributed by atoms with E-state index >= 15 is 0 Å². The normalized spacial score (nSPS) is 10.2. The molecule has 1 heterocycles. The highest BCUT2D eigenvalue weighted by Crippen LogP contribution is 2.13. The van der Waals surface area contributed by atoms with Gasteiger partial charge < -0.3 is 10.2 Å². The first-order valence-electron chi connectivity index (χ1n) is 4.29. The molecule has 0 radical (unpaired) electrons. The van der Waals surface area contributed by atoms with E-state index in [1.807, 2.05) is 39.2 Å². The molecule has 0 spiro atoms. The van der Waals surface area contributed by atoms with Crippen molar-refractivity contribution in [1.82, 2.24) is 15.3 Å². The van der Waals surface area contributed by atoms with Gasteiger partial charge in [0.05, 0.1) is 0 Å². The van der Waals surface area contributed by atoms with Gasteiger partial charge in [-0.2, -0.15) is 0 Å². The third-order valence-electron chi connectivity index (χ3n) is 1.75. The fourth-order valence-electron chi connectivity index (χ4n) is 1.19. The van der Waals surface area contributed by atoms with Gasteiger partial charge in [-0.15, -0.1) is 0 Å². The van der Waals surface area contributed by atoms with E-state index in [9.17, 15) is 0 Å². The first-order chi connectivity index (χ1) is 6.15. The van der Waals surface area contributed by atoms with Crippen LogP contribution in [-0.2, 0) is 6.54 Å². The number of nitrogens with zero attached hydrogens (tertiary/aromatic N) is 3. The van der Waals surface area contributed by atoms with Crippen molar-refractivity contribution in [2.24, 2.45) is 0 Å². The Balaban J connectivity index is 3.03. The van der Waals surface area contributed by atoms with Gasteiger partial charge in [-0.05, 0) is 14.0 Å². The lowest BCUT2D eigenvalue weighted by Crippen LogP contribution is -2.17. The minimum absolute atomic E-state index is 0.799. The molecule has 0 bridgehead atoms. The van der Waals surface area contributed by atoms with Crippen molar-refractivity contribution in [1.29, 1.82) is 0 Å². The van der Waals surface area contributed by atoms with Crippen LogP contribution in [0.1, 0.15) is 11.4 Å². The van der Waals surface area contributed by atoms with Crippen molar-refractivity contribution < 1.29 is 0 Å². The molecular weight excluding hydrogens is 164 g/mol. The van der Waals surface area contributed by atoms with Crippen LogP contribution in [0, 0.1) is 6.92 Å². The first-order valence-corrected chi connectivity index (χ1v) is 4.29. The molecule has 4 heteroatoms. The van der Waals surface area contributed by atoms with Gasteiger partial charge in [0, 0.05) is 32.4 Å². The Hall–Kier alpha value is -1.16. The van der Waals surface area contributed by atoms with Gasteiger partial charge in [0.1, 0.15) is 11.6 Å². The number of aryl methyl sites for hydroxylation is 1. The molecule has 0 aliphatic carbocycles. The third kappa shape index (κ3) is 2.39. The Bertz CT molecular complexity index is 283. The van der Waals surface area contributed by atoms with Crippen molar-refractivity contribution >= 4 is 5.82 Å². The average Bonchev–Trinajstić information content (AvgIpc) is 2.08. The number of rotatable bonds is 3. The maximum atomic E-state index is 4.37. The molecule has 13 heavy (non-hydrogen) atoms. The first kappa shape index (κ1) is 9.92. The number of hydrogen-bond acceptors (Lipinski definition) is 4. The van der Waals surface area contributed by atoms with Gasteiger partial charge in [0.2, 0.25) is 0 Å². The van der Waals surface area contributed by atoms with E-state index in [4.69, 9.17) is 0 Å². The van der Waals surface area contributed by atoms with Crippen LogP contribution in [0.4, 0.5) is 5.82 Å². The highest BCUT2D eigenvalue weighted by Gasteiger charge is 2.05. The molecule has 1 rings (SSSR count). The van der Waals surface area contributed by atoms with E-state index in [2.05, 4.69) is 15.3 Å². The molecule has 0 amide bonds. The van der Waals surface area contributed by atoms with Crippen LogP contribution in [0.25, 0.3) is 0 Å². The van der Waals surface area contributed by atoms with Crippen molar-refractivity contribution in [2.45, 2.75) is 13.5 Å². The van der Waals surface area contributed by atoms with Crippen molar-refractivity contribution in [3.8, 4) is 0 Å². The van der Waals surface area contributed by atoms with Crippen molar-refractivity contribution in [3.63, 3.8) is 0 Å². The molecule has 0 aliphatic rings. The van der Waals surface area contributed by atoms with Crippen LogP contribution in [0.3, 0.4) is 0 Å². The third-order valence-corrected chi connectivity index (χ3v) is 1.75. The summed E-state index contributed by atoms with van der Waals surface area (Å²) in [5.74, 6) is 1.80. The molecule has 1 N–H and O–H groups in total. The quantitative estimate of drug-likeness (QED) is 0.738. The van der Waals surface area contributed by atoms with Gasteiger partial charge in [0.15, 0.2) is 0 Å². The van der Waals surface area contributed by atoms with Gasteiger partial charge in [-0.1, -0.05) is 0 Å². The highest BCUT2D eigenvalue weighted by molar-refractivity contribution is 5.44. The summed E-state index contributed by atoms with van der Waals surface area (Å²) in [5.41, 5.74) is 1.12. The van der Waals surface area contributed by atoms with Crippen molar-refractivity contribution in [3.05, 3.63) is 17.6 Å². The SMILES string of the molecule is CNCc1cnc(C)nc1N(C)C. The Morgan fingerprint density at radius 1 is 1.46 bits per heavy atom. The summed E-state index contributed by atoms with van der Waals surface area (Å²) in [4.78, 5) is 10.5. The van der Waals surface area contributed by atoms with Crippen LogP contribution in [0.5, 0.6) is 0 Å². The summed E-state index contributed by atoms with van der Waals surface area (Å²) in [6, 6.07) is 0. The van der Waals surface area contributed by atoms with E-state index in [0.717, 1.165) is 23.8 Å². The second-order valence-electron chi connectivity index (χ2n) is 3.19. The Morgan fingerprint density at radius 3 is 2.69 bits per heavy atom. The predicted octanol–water partition coefficient (Wildman–Crippen LogP) is 0.570. The van der Waals surface area contributed by atoms with E-state index in [-0.39, 0.29) is 0 Å². The molecule has 0 saturated heterocycles. The number of nitrogens with one attached hydrogen (secondary N) is 1. The molecule has 4 nitrogen and oxygen atoms in total. The second kappa shape index (κ2) is 4.18. The summed E-state index contributed by atoms with van der Waals surface area (Å²) in [6.45, 7) is 2.70. The smallest absolute Gasteiger partial charge is 0.136 e. The Morgan fingerprint density at radius 2 is 2.15 bits per heavy atom. The van der Waals surface area contributed by atoms with Crippen LogP contribution in [-0.4, -0.2) is 31.1 Å². The number of hydrogen-bond donors (Lipinski definition) is 1. The monoisotopic (exact) mass is 180 g/mol. The second-order valence-corrected chi connectivity index (χ2v) is 3.19. The maximum absolute atomic E-state index is 4.37. The molecule has 1 aromatic rings. The summed E-state index contributed by atoms with van der Waals surface area (Å²) in [7, 11) is 5.89. The zero-order chi connectivity index (χ0) is 9.84. The van der Waals surface area contributed by atoms with Crippen molar-refractivity contribution in [2.75, 3.05) is 26.0 Å². The largest absolute Gasteiger partial charge is 0.362 e. The fraction of sp³-hybridized carbons (Fsp3) is 0.556. The van der Waals surface area contributed by atoms with E-state index in [1.165, 1.54) is 0 Å². The van der Waals surface area contributed by atoms with E-state index in [1.54, 1.807) is 0 Å². The van der Waals surface area contributed by atoms with E-state index < -0.39 is 0 Å². The molecule has 0 fully saturated rings. The molecule has 0 atom stereocenters. The van der Waals surface area contributed by atoms with Gasteiger partial charge in [0.25, 0.3) is 0 Å². The van der Waals surface area contributed by atoms with Gasteiger partial charge in [-0.3, -0.25) is 0 Å². The maximum Gasteiger partial charge on any atom is 0.136 e. The molecule has 0 aromatic carbocycles. The minimum Gasteiger partial charge on any atom is -0.362 e. The van der Waals surface area contributed by atoms with Crippen LogP contribution < -0.4 is 10.2 Å². The lowest BCUT2D eigenvalue weighted by molar-refractivity contribution is 0.796. The molecule has 1 aromatic heterocycles. The summed E-state index contributed by atoms with van der Waals surface area (Å²) in [5, 5.41) is 3.09. The number of anilines is 1. The van der Waals surface area contributed by atoms with Crippen LogP contribution >= 0.6 is 0 Å². The molecule has 0 saturated carbocycles. The van der Waals surface area contributed by atoms with Crippen LogP contribution in [0.2, 0.25) is 0 Å². The van der Waals surface area contributed by atoms with Gasteiger partial charge >= 0.3 is 0 Å². The Kier molecular flexibility index (Phi) is 3.19. The van der Waals surface area contributed by atoms with E-state index in [0.29, 0.717) is 0 Å². The standard InChI is InChI=1S/C9H16N4/c1-7-11-6-8(5-10-2)9(12-7)13(3)4/h6,10H,5H2,1-4H3. The summed E-state index contributed by atoms with van der Waals surface area (Å²) in [6.07, 6.45) is 1.87. The molecular formula is C9H16N4.